The molecule has 88 valence electrons. The Balaban J connectivity index is 2.12. The number of halogens is 1. The van der Waals surface area contributed by atoms with Crippen molar-refractivity contribution < 1.29 is 9.18 Å². The highest BCUT2D eigenvalue weighted by Crippen LogP contribution is 2.11. The third kappa shape index (κ3) is 2.71. The topological polar surface area (TPSA) is 52.9 Å². The fourth-order valence-electron chi connectivity index (χ4n) is 1.43. The van der Waals surface area contributed by atoms with Crippen molar-refractivity contribution in [1.82, 2.24) is 0 Å². The van der Waals surface area contributed by atoms with Crippen LogP contribution in [0.2, 0.25) is 0 Å². The molecular weight excluding hydrogens is 231 g/mol. The van der Waals surface area contributed by atoms with Crippen LogP contribution in [0.15, 0.2) is 48.5 Å². The number of nitrogens with zero attached hydrogens (tertiary/aromatic N) is 1. The maximum absolute atomic E-state index is 12.7. The van der Waals surface area contributed by atoms with Gasteiger partial charge in [0.1, 0.15) is 5.82 Å². The smallest absolute Gasteiger partial charge is 0.255 e. The Labute approximate surface area is 103 Å². The summed E-state index contributed by atoms with van der Waals surface area (Å²) in [4.78, 5) is 11.8. The molecule has 0 aliphatic carbocycles. The molecule has 2 aromatic rings. The molecule has 0 saturated carbocycles. The van der Waals surface area contributed by atoms with Crippen LogP contribution in [0.1, 0.15) is 15.9 Å². The Morgan fingerprint density at radius 1 is 1.06 bits per heavy atom. The van der Waals surface area contributed by atoms with Crippen LogP contribution in [0.5, 0.6) is 0 Å². The molecule has 3 nitrogen and oxygen atoms in total. The lowest BCUT2D eigenvalue weighted by atomic mass is 10.1. The number of rotatable bonds is 2. The van der Waals surface area contributed by atoms with Gasteiger partial charge in [-0.15, -0.1) is 0 Å². The molecule has 0 spiro atoms. The van der Waals surface area contributed by atoms with Crippen molar-refractivity contribution >= 4 is 11.6 Å². The van der Waals surface area contributed by atoms with Gasteiger partial charge in [-0.2, -0.15) is 5.26 Å². The Bertz CT molecular complexity index is 597. The minimum Gasteiger partial charge on any atom is -0.322 e. The number of benzene rings is 2. The van der Waals surface area contributed by atoms with E-state index >= 15 is 0 Å². The molecule has 1 amide bonds. The summed E-state index contributed by atoms with van der Waals surface area (Å²) in [7, 11) is 0. The van der Waals surface area contributed by atoms with E-state index in [0.717, 1.165) is 0 Å². The normalized spacial score (nSPS) is 9.56. The van der Waals surface area contributed by atoms with Crippen LogP contribution in [0, 0.1) is 17.1 Å². The van der Waals surface area contributed by atoms with Crippen LogP contribution in [0.3, 0.4) is 0 Å². The summed E-state index contributed by atoms with van der Waals surface area (Å²) in [6.07, 6.45) is 0. The van der Waals surface area contributed by atoms with Crippen LogP contribution < -0.4 is 5.32 Å². The first-order valence-electron chi connectivity index (χ1n) is 5.26. The van der Waals surface area contributed by atoms with Gasteiger partial charge >= 0.3 is 0 Å². The Morgan fingerprint density at radius 3 is 2.22 bits per heavy atom. The van der Waals surface area contributed by atoms with Crippen molar-refractivity contribution in [2.24, 2.45) is 0 Å². The standard InChI is InChI=1S/C14H9FN2O/c15-12-5-7-13(8-6-12)17-14(18)11-3-1-10(9-16)2-4-11/h1-8H,(H,17,18). The summed E-state index contributed by atoms with van der Waals surface area (Å²) in [6, 6.07) is 13.8. The van der Waals surface area contributed by atoms with Gasteiger partial charge in [0.2, 0.25) is 0 Å². The van der Waals surface area contributed by atoms with Gasteiger partial charge in [0.15, 0.2) is 0 Å². The molecule has 2 aromatic carbocycles. The number of carbonyl (C=O) groups excluding carboxylic acids is 1. The summed E-state index contributed by atoms with van der Waals surface area (Å²) >= 11 is 0. The van der Waals surface area contributed by atoms with Crippen molar-refractivity contribution in [3.63, 3.8) is 0 Å². The highest BCUT2D eigenvalue weighted by atomic mass is 19.1. The molecule has 18 heavy (non-hydrogen) atoms. The molecule has 0 atom stereocenters. The fraction of sp³-hybridized carbons (Fsp3) is 0. The van der Waals surface area contributed by atoms with Crippen molar-refractivity contribution in [3.05, 3.63) is 65.5 Å². The Morgan fingerprint density at radius 2 is 1.67 bits per heavy atom. The molecule has 0 bridgehead atoms. The highest BCUT2D eigenvalue weighted by Gasteiger charge is 2.05. The fourth-order valence-corrected chi connectivity index (χ4v) is 1.43. The van der Waals surface area contributed by atoms with Gasteiger partial charge in [-0.3, -0.25) is 4.79 Å². The largest absolute Gasteiger partial charge is 0.322 e. The number of anilines is 1. The minimum absolute atomic E-state index is 0.300. The number of hydrogen-bond donors (Lipinski definition) is 1. The quantitative estimate of drug-likeness (QED) is 0.877. The number of hydrogen-bond acceptors (Lipinski definition) is 2. The van der Waals surface area contributed by atoms with Crippen LogP contribution >= 0.6 is 0 Å². The average Bonchev–Trinajstić information content (AvgIpc) is 2.41. The Hall–Kier alpha value is -2.67. The molecule has 0 unspecified atom stereocenters. The molecule has 0 radical (unpaired) electrons. The third-order valence-electron chi connectivity index (χ3n) is 2.38. The third-order valence-corrected chi connectivity index (χ3v) is 2.38. The molecule has 0 aliphatic heterocycles. The first-order chi connectivity index (χ1) is 8.69. The first kappa shape index (κ1) is 11.8. The van der Waals surface area contributed by atoms with Gasteiger partial charge in [-0.1, -0.05) is 0 Å². The summed E-state index contributed by atoms with van der Waals surface area (Å²) < 4.78 is 12.7. The highest BCUT2D eigenvalue weighted by molar-refractivity contribution is 6.04. The molecule has 0 aliphatic rings. The molecule has 2 rings (SSSR count). The maximum atomic E-state index is 12.7. The van der Waals surface area contributed by atoms with Crippen LogP contribution in [0.25, 0.3) is 0 Å². The summed E-state index contributed by atoms with van der Waals surface area (Å²) in [5.74, 6) is -0.655. The minimum atomic E-state index is -0.355. The molecule has 0 saturated heterocycles. The van der Waals surface area contributed by atoms with E-state index in [2.05, 4.69) is 5.32 Å². The summed E-state index contributed by atoms with van der Waals surface area (Å²) in [6.45, 7) is 0. The van der Waals surface area contributed by atoms with Crippen molar-refractivity contribution in [1.29, 1.82) is 5.26 Å². The SMILES string of the molecule is N#Cc1ccc(C(=O)Nc2ccc(F)cc2)cc1. The van der Waals surface area contributed by atoms with E-state index in [-0.39, 0.29) is 11.7 Å². The number of nitriles is 1. The van der Waals surface area contributed by atoms with Crippen molar-refractivity contribution in [2.45, 2.75) is 0 Å². The molecule has 1 N–H and O–H groups in total. The zero-order valence-corrected chi connectivity index (χ0v) is 9.35. The number of amides is 1. The Kier molecular flexibility index (Phi) is 3.35. The van der Waals surface area contributed by atoms with Gasteiger partial charge in [0, 0.05) is 11.3 Å². The van der Waals surface area contributed by atoms with E-state index in [1.54, 1.807) is 24.3 Å². The van der Waals surface area contributed by atoms with Gasteiger partial charge < -0.3 is 5.32 Å². The monoisotopic (exact) mass is 240 g/mol. The molecule has 0 fully saturated rings. The van der Waals surface area contributed by atoms with Gasteiger partial charge in [-0.05, 0) is 48.5 Å². The van der Waals surface area contributed by atoms with Crippen LogP contribution in [-0.4, -0.2) is 5.91 Å². The average molecular weight is 240 g/mol. The number of carbonyl (C=O) groups is 1. The van der Waals surface area contributed by atoms with Gasteiger partial charge in [0.05, 0.1) is 11.6 Å². The zero-order chi connectivity index (χ0) is 13.0. The lowest BCUT2D eigenvalue weighted by Gasteiger charge is -2.04. The summed E-state index contributed by atoms with van der Waals surface area (Å²) in [5, 5.41) is 11.3. The predicted molar refractivity (Wildman–Crippen MR) is 65.5 cm³/mol. The molecule has 0 aromatic heterocycles. The zero-order valence-electron chi connectivity index (χ0n) is 9.35. The summed E-state index contributed by atoms with van der Waals surface area (Å²) in [5.41, 5.74) is 1.46. The molecule has 4 heteroatoms. The van der Waals surface area contributed by atoms with E-state index in [9.17, 15) is 9.18 Å². The predicted octanol–water partition coefficient (Wildman–Crippen LogP) is 2.95. The molecular formula is C14H9FN2O. The maximum Gasteiger partial charge on any atom is 0.255 e. The van der Waals surface area contributed by atoms with E-state index in [1.807, 2.05) is 6.07 Å². The molecule has 0 heterocycles. The number of nitrogens with one attached hydrogen (secondary N) is 1. The van der Waals surface area contributed by atoms with Gasteiger partial charge in [-0.25, -0.2) is 4.39 Å². The second-order valence-electron chi connectivity index (χ2n) is 3.65. The lowest BCUT2D eigenvalue weighted by molar-refractivity contribution is 0.102. The van der Waals surface area contributed by atoms with Crippen molar-refractivity contribution in [2.75, 3.05) is 5.32 Å². The van der Waals surface area contributed by atoms with Gasteiger partial charge in [0.25, 0.3) is 5.91 Å². The van der Waals surface area contributed by atoms with Crippen molar-refractivity contribution in [3.8, 4) is 6.07 Å². The second-order valence-corrected chi connectivity index (χ2v) is 3.65. The van der Waals surface area contributed by atoms with Crippen LogP contribution in [0.4, 0.5) is 10.1 Å². The second kappa shape index (κ2) is 5.11. The van der Waals surface area contributed by atoms with E-state index in [0.29, 0.717) is 16.8 Å². The van der Waals surface area contributed by atoms with E-state index < -0.39 is 0 Å². The van der Waals surface area contributed by atoms with Crippen LogP contribution in [-0.2, 0) is 0 Å². The first-order valence-corrected chi connectivity index (χ1v) is 5.26. The lowest BCUT2D eigenvalue weighted by Crippen LogP contribution is -2.11. The van der Waals surface area contributed by atoms with E-state index in [4.69, 9.17) is 5.26 Å². The van der Waals surface area contributed by atoms with E-state index in [1.165, 1.54) is 24.3 Å².